The topological polar surface area (TPSA) is 62.4 Å². The lowest BCUT2D eigenvalue weighted by atomic mass is 9.68. The molecule has 0 aromatic heterocycles. The first-order valence-electron chi connectivity index (χ1n) is 13.3. The molecule has 8 heteroatoms. The zero-order chi connectivity index (χ0) is 28.2. The predicted molar refractivity (Wildman–Crippen MR) is 148 cm³/mol. The van der Waals surface area contributed by atoms with Crippen LogP contribution in [-0.4, -0.2) is 32.1 Å². The molecule has 3 aromatic carbocycles. The molecule has 5 nitrogen and oxygen atoms in total. The number of benzene rings is 3. The van der Waals surface area contributed by atoms with Crippen molar-refractivity contribution in [2.24, 2.45) is 5.92 Å². The highest BCUT2D eigenvalue weighted by Gasteiger charge is 2.35. The van der Waals surface area contributed by atoms with Crippen molar-refractivity contribution in [3.63, 3.8) is 0 Å². The molecule has 208 valence electrons. The van der Waals surface area contributed by atoms with Gasteiger partial charge in [0.1, 0.15) is 5.75 Å². The van der Waals surface area contributed by atoms with E-state index in [9.17, 15) is 18.0 Å². The summed E-state index contributed by atoms with van der Waals surface area (Å²) in [5, 5.41) is 9.64. The maximum atomic E-state index is 14.0. The average molecular weight is 540 g/mol. The van der Waals surface area contributed by atoms with Gasteiger partial charge in [0, 0.05) is 23.2 Å². The standard InChI is InChI=1S/C31H36F3N3O2/c1-19(2)29(35-4)30(38)37-22-8-5-20(3)24(15-22)31(11-13-36-14-12-31)18-21-6-9-23(10-7-21)39-28-17-26(33)25(32)16-27(28)34/h5-10,15-17,19,29,35-36H,11-14,18H2,1-4H3,(H,37,38)/t29-/m0/s1. The van der Waals surface area contributed by atoms with Gasteiger partial charge < -0.3 is 20.7 Å². The lowest BCUT2D eigenvalue weighted by molar-refractivity contribution is -0.118. The van der Waals surface area contributed by atoms with Gasteiger partial charge in [-0.2, -0.15) is 0 Å². The van der Waals surface area contributed by atoms with Crippen LogP contribution in [0.3, 0.4) is 0 Å². The molecule has 3 N–H and O–H groups in total. The molecule has 0 unspecified atom stereocenters. The van der Waals surface area contributed by atoms with Crippen molar-refractivity contribution < 1.29 is 22.7 Å². The molecule has 0 spiro atoms. The van der Waals surface area contributed by atoms with Crippen molar-refractivity contribution >= 4 is 11.6 Å². The maximum absolute atomic E-state index is 14.0. The summed E-state index contributed by atoms with van der Waals surface area (Å²) >= 11 is 0. The Morgan fingerprint density at radius 1 is 0.974 bits per heavy atom. The normalized spacial score (nSPS) is 15.7. The molecule has 1 aliphatic heterocycles. The fourth-order valence-corrected chi connectivity index (χ4v) is 5.48. The van der Waals surface area contributed by atoms with E-state index in [1.165, 1.54) is 5.56 Å². The fraction of sp³-hybridized carbons (Fsp3) is 0.387. The van der Waals surface area contributed by atoms with E-state index in [4.69, 9.17) is 4.74 Å². The minimum absolute atomic E-state index is 0.0604. The highest BCUT2D eigenvalue weighted by molar-refractivity contribution is 5.95. The number of likely N-dealkylation sites (N-methyl/N-ethyl adjacent to an activating group) is 1. The van der Waals surface area contributed by atoms with E-state index >= 15 is 0 Å². The number of carbonyl (C=O) groups is 1. The smallest absolute Gasteiger partial charge is 0.241 e. The Bertz CT molecular complexity index is 1310. The first kappa shape index (κ1) is 28.6. The van der Waals surface area contributed by atoms with Gasteiger partial charge in [-0.05, 0) is 93.2 Å². The molecule has 1 aliphatic rings. The number of hydrogen-bond acceptors (Lipinski definition) is 4. The van der Waals surface area contributed by atoms with E-state index in [0.717, 1.165) is 49.2 Å². The molecule has 1 atom stereocenters. The number of ether oxygens (including phenoxy) is 1. The average Bonchev–Trinajstić information content (AvgIpc) is 2.90. The van der Waals surface area contributed by atoms with Crippen LogP contribution < -0.4 is 20.7 Å². The van der Waals surface area contributed by atoms with Crippen LogP contribution in [0.5, 0.6) is 11.5 Å². The Balaban J connectivity index is 1.57. The Kier molecular flexibility index (Phi) is 8.97. The molecule has 0 radical (unpaired) electrons. The van der Waals surface area contributed by atoms with E-state index in [2.05, 4.69) is 35.0 Å². The number of anilines is 1. The van der Waals surface area contributed by atoms with Crippen LogP contribution in [0.15, 0.2) is 54.6 Å². The quantitative estimate of drug-likeness (QED) is 0.281. The van der Waals surface area contributed by atoms with E-state index in [1.807, 2.05) is 32.0 Å². The fourth-order valence-electron chi connectivity index (χ4n) is 5.48. The summed E-state index contributed by atoms with van der Waals surface area (Å²) < 4.78 is 46.3. The van der Waals surface area contributed by atoms with Crippen molar-refractivity contribution in [3.05, 3.63) is 88.7 Å². The third-order valence-corrected chi connectivity index (χ3v) is 7.57. The zero-order valence-corrected chi connectivity index (χ0v) is 22.8. The van der Waals surface area contributed by atoms with Crippen molar-refractivity contribution in [1.29, 1.82) is 0 Å². The van der Waals surface area contributed by atoms with Crippen molar-refractivity contribution in [2.45, 2.75) is 51.5 Å². The van der Waals surface area contributed by atoms with Gasteiger partial charge in [0.25, 0.3) is 0 Å². The number of carbonyl (C=O) groups excluding carboxylic acids is 1. The highest BCUT2D eigenvalue weighted by Crippen LogP contribution is 2.40. The summed E-state index contributed by atoms with van der Waals surface area (Å²) in [6.07, 6.45) is 2.61. The Morgan fingerprint density at radius 2 is 1.64 bits per heavy atom. The number of piperidine rings is 1. The van der Waals surface area contributed by atoms with Crippen molar-refractivity contribution in [2.75, 3.05) is 25.5 Å². The van der Waals surface area contributed by atoms with Crippen LogP contribution in [0.2, 0.25) is 0 Å². The van der Waals surface area contributed by atoms with Crippen LogP contribution in [-0.2, 0) is 16.6 Å². The Hall–Kier alpha value is -3.36. The Labute approximate surface area is 228 Å². The number of halogens is 3. The van der Waals surface area contributed by atoms with Crippen LogP contribution in [0, 0.1) is 30.3 Å². The molecule has 0 saturated carbocycles. The first-order chi connectivity index (χ1) is 18.6. The molecule has 0 bridgehead atoms. The van der Waals surface area contributed by atoms with Gasteiger partial charge >= 0.3 is 0 Å². The predicted octanol–water partition coefficient (Wildman–Crippen LogP) is 6.25. The second-order valence-electron chi connectivity index (χ2n) is 10.7. The molecular weight excluding hydrogens is 503 g/mol. The van der Waals surface area contributed by atoms with Gasteiger partial charge in [-0.25, -0.2) is 13.2 Å². The molecule has 1 fully saturated rings. The number of amides is 1. The SMILES string of the molecule is CN[C@H](C(=O)Nc1ccc(C)c(C2(Cc3ccc(Oc4cc(F)c(F)cc4F)cc3)CCNCC2)c1)C(C)C. The second-order valence-corrected chi connectivity index (χ2v) is 10.7. The van der Waals surface area contributed by atoms with Crippen LogP contribution in [0.1, 0.15) is 43.4 Å². The minimum Gasteiger partial charge on any atom is -0.454 e. The molecule has 0 aliphatic carbocycles. The number of hydrogen-bond donors (Lipinski definition) is 3. The monoisotopic (exact) mass is 539 g/mol. The molecule has 3 aromatic rings. The lowest BCUT2D eigenvalue weighted by Gasteiger charge is -2.40. The highest BCUT2D eigenvalue weighted by atomic mass is 19.2. The van der Waals surface area contributed by atoms with Crippen LogP contribution in [0.4, 0.5) is 18.9 Å². The number of rotatable bonds is 9. The van der Waals surface area contributed by atoms with E-state index < -0.39 is 17.5 Å². The van der Waals surface area contributed by atoms with Crippen molar-refractivity contribution in [3.8, 4) is 11.5 Å². The van der Waals surface area contributed by atoms with Gasteiger partial charge in [0.2, 0.25) is 5.91 Å². The summed E-state index contributed by atoms with van der Waals surface area (Å²) in [5.74, 6) is -3.35. The number of aryl methyl sites for hydroxylation is 1. The van der Waals surface area contributed by atoms with Gasteiger partial charge in [0.15, 0.2) is 23.2 Å². The van der Waals surface area contributed by atoms with E-state index in [0.29, 0.717) is 17.9 Å². The third kappa shape index (κ3) is 6.62. The molecule has 1 saturated heterocycles. The van der Waals surface area contributed by atoms with Crippen molar-refractivity contribution in [1.82, 2.24) is 10.6 Å². The lowest BCUT2D eigenvalue weighted by Crippen LogP contribution is -2.43. The number of nitrogens with one attached hydrogen (secondary N) is 3. The van der Waals surface area contributed by atoms with E-state index in [-0.39, 0.29) is 29.0 Å². The summed E-state index contributed by atoms with van der Waals surface area (Å²) in [4.78, 5) is 12.9. The van der Waals surface area contributed by atoms with Gasteiger partial charge in [-0.15, -0.1) is 0 Å². The van der Waals surface area contributed by atoms with Crippen LogP contribution >= 0.6 is 0 Å². The molecule has 1 heterocycles. The molecular formula is C31H36F3N3O2. The second kappa shape index (κ2) is 12.2. The largest absolute Gasteiger partial charge is 0.454 e. The molecule has 39 heavy (non-hydrogen) atoms. The van der Waals surface area contributed by atoms with Gasteiger partial charge in [-0.1, -0.05) is 32.0 Å². The third-order valence-electron chi connectivity index (χ3n) is 7.57. The zero-order valence-electron chi connectivity index (χ0n) is 22.8. The minimum atomic E-state index is -1.26. The molecule has 4 rings (SSSR count). The summed E-state index contributed by atoms with van der Waals surface area (Å²) in [7, 11) is 1.79. The van der Waals surface area contributed by atoms with Crippen LogP contribution in [0.25, 0.3) is 0 Å². The van der Waals surface area contributed by atoms with Gasteiger partial charge in [-0.3, -0.25) is 4.79 Å². The summed E-state index contributed by atoms with van der Waals surface area (Å²) in [6, 6.07) is 14.2. The maximum Gasteiger partial charge on any atom is 0.241 e. The first-order valence-corrected chi connectivity index (χ1v) is 13.3. The molecule has 1 amide bonds. The Morgan fingerprint density at radius 3 is 2.28 bits per heavy atom. The summed E-state index contributed by atoms with van der Waals surface area (Å²) in [6.45, 7) is 7.87. The van der Waals surface area contributed by atoms with E-state index in [1.54, 1.807) is 19.2 Å². The van der Waals surface area contributed by atoms with Gasteiger partial charge in [0.05, 0.1) is 6.04 Å². The summed E-state index contributed by atoms with van der Waals surface area (Å²) in [5.41, 5.74) is 4.07.